The molecule has 2 rings (SSSR count). The van der Waals surface area contributed by atoms with E-state index < -0.39 is 12.0 Å². The zero-order valence-electron chi connectivity index (χ0n) is 10.8. The van der Waals surface area contributed by atoms with Gasteiger partial charge in [-0.25, -0.2) is 0 Å². The van der Waals surface area contributed by atoms with Crippen molar-refractivity contribution in [1.29, 1.82) is 0 Å². The Bertz CT molecular complexity index is 579. The lowest BCUT2D eigenvalue weighted by Gasteiger charge is -2.11. The van der Waals surface area contributed by atoms with E-state index in [9.17, 15) is 4.79 Å². The molecule has 0 radical (unpaired) electrons. The molecule has 19 heavy (non-hydrogen) atoms. The first-order valence-electron chi connectivity index (χ1n) is 6.21. The van der Waals surface area contributed by atoms with Crippen molar-refractivity contribution in [1.82, 2.24) is 0 Å². The summed E-state index contributed by atoms with van der Waals surface area (Å²) in [6.45, 7) is 2.04. The van der Waals surface area contributed by atoms with Crippen molar-refractivity contribution in [3.05, 3.63) is 59.7 Å². The Morgan fingerprint density at radius 2 is 1.89 bits per heavy atom. The third kappa shape index (κ3) is 3.20. The van der Waals surface area contributed by atoms with Crippen molar-refractivity contribution < 1.29 is 9.90 Å². The number of aryl methyl sites for hydroxylation is 1. The molecule has 0 aliphatic carbocycles. The molecule has 3 N–H and O–H groups in total. The molecule has 2 aromatic rings. The van der Waals surface area contributed by atoms with Gasteiger partial charge in [-0.15, -0.1) is 0 Å². The van der Waals surface area contributed by atoms with Crippen LogP contribution in [0.5, 0.6) is 0 Å². The fourth-order valence-electron chi connectivity index (χ4n) is 2.07. The van der Waals surface area contributed by atoms with Crippen LogP contribution >= 0.6 is 0 Å². The lowest BCUT2D eigenvalue weighted by Crippen LogP contribution is -2.32. The number of hydrogen-bond acceptors (Lipinski definition) is 2. The minimum atomic E-state index is -0.971. The van der Waals surface area contributed by atoms with Gasteiger partial charge >= 0.3 is 5.97 Å². The Morgan fingerprint density at radius 3 is 2.53 bits per heavy atom. The van der Waals surface area contributed by atoms with Gasteiger partial charge in [-0.05, 0) is 35.6 Å². The number of aliphatic carboxylic acids is 1. The fourth-order valence-corrected chi connectivity index (χ4v) is 2.07. The maximum atomic E-state index is 10.8. The van der Waals surface area contributed by atoms with E-state index in [1.54, 1.807) is 0 Å². The monoisotopic (exact) mass is 255 g/mol. The summed E-state index contributed by atoms with van der Waals surface area (Å²) in [6.07, 6.45) is 0.343. The smallest absolute Gasteiger partial charge is 0.320 e. The molecule has 1 atom stereocenters. The van der Waals surface area contributed by atoms with Gasteiger partial charge in [-0.3, -0.25) is 4.79 Å². The Labute approximate surface area is 112 Å². The molecule has 2 aromatic carbocycles. The summed E-state index contributed by atoms with van der Waals surface area (Å²) in [6, 6.07) is 15.2. The fraction of sp³-hybridized carbons (Fsp3) is 0.188. The van der Waals surface area contributed by atoms with Gasteiger partial charge in [-0.2, -0.15) is 0 Å². The zero-order chi connectivity index (χ0) is 13.8. The van der Waals surface area contributed by atoms with Crippen molar-refractivity contribution in [3.8, 4) is 11.1 Å². The number of carbonyl (C=O) groups is 1. The molecule has 0 fully saturated rings. The van der Waals surface area contributed by atoms with E-state index in [0.29, 0.717) is 6.42 Å². The summed E-state index contributed by atoms with van der Waals surface area (Å²) in [4.78, 5) is 10.8. The first-order chi connectivity index (χ1) is 9.08. The summed E-state index contributed by atoms with van der Waals surface area (Å²) in [5.74, 6) is -0.971. The molecule has 0 amide bonds. The second-order valence-electron chi connectivity index (χ2n) is 4.66. The first-order valence-corrected chi connectivity index (χ1v) is 6.21. The molecular weight excluding hydrogens is 238 g/mol. The van der Waals surface area contributed by atoms with Gasteiger partial charge < -0.3 is 10.8 Å². The zero-order valence-corrected chi connectivity index (χ0v) is 10.8. The van der Waals surface area contributed by atoms with Crippen molar-refractivity contribution in [3.63, 3.8) is 0 Å². The van der Waals surface area contributed by atoms with Gasteiger partial charge in [0.1, 0.15) is 6.04 Å². The highest BCUT2D eigenvalue weighted by Crippen LogP contribution is 2.24. The highest BCUT2D eigenvalue weighted by atomic mass is 16.4. The van der Waals surface area contributed by atoms with Crippen molar-refractivity contribution >= 4 is 5.97 Å². The molecule has 0 aromatic heterocycles. The molecule has 0 spiro atoms. The van der Waals surface area contributed by atoms with Gasteiger partial charge in [0.05, 0.1) is 0 Å². The standard InChI is InChI=1S/C16H17NO2/c1-11-7-8-12(10-15(17)16(18)19)9-14(11)13-5-3-2-4-6-13/h2-9,15H,10,17H2,1H3,(H,18,19). The quantitative estimate of drug-likeness (QED) is 0.882. The summed E-state index contributed by atoms with van der Waals surface area (Å²) in [5.41, 5.74) is 9.94. The molecule has 0 saturated heterocycles. The van der Waals surface area contributed by atoms with Crippen LogP contribution in [-0.4, -0.2) is 17.1 Å². The SMILES string of the molecule is Cc1ccc(CC(N)C(=O)O)cc1-c1ccccc1. The summed E-state index contributed by atoms with van der Waals surface area (Å²) in [5, 5.41) is 8.86. The molecule has 0 heterocycles. The van der Waals surface area contributed by atoms with Crippen LogP contribution in [0.3, 0.4) is 0 Å². The average Bonchev–Trinajstić information content (AvgIpc) is 2.41. The highest BCUT2D eigenvalue weighted by molar-refractivity contribution is 5.74. The number of carboxylic acid groups (broad SMARTS) is 1. The van der Waals surface area contributed by atoms with Crippen LogP contribution in [0.15, 0.2) is 48.5 Å². The predicted molar refractivity (Wildman–Crippen MR) is 75.9 cm³/mol. The number of benzene rings is 2. The third-order valence-corrected chi connectivity index (χ3v) is 3.16. The van der Waals surface area contributed by atoms with E-state index in [0.717, 1.165) is 16.7 Å². The molecule has 0 aliphatic rings. The average molecular weight is 255 g/mol. The molecule has 3 nitrogen and oxygen atoms in total. The van der Waals surface area contributed by atoms with Gasteiger partial charge in [0, 0.05) is 0 Å². The Hall–Kier alpha value is -2.13. The minimum Gasteiger partial charge on any atom is -0.480 e. The molecule has 0 saturated carbocycles. The van der Waals surface area contributed by atoms with Crippen LogP contribution in [0.1, 0.15) is 11.1 Å². The molecule has 98 valence electrons. The van der Waals surface area contributed by atoms with Crippen LogP contribution in [0, 0.1) is 6.92 Å². The highest BCUT2D eigenvalue weighted by Gasteiger charge is 2.13. The van der Waals surface area contributed by atoms with E-state index in [1.807, 2.05) is 55.5 Å². The molecule has 0 bridgehead atoms. The van der Waals surface area contributed by atoms with Crippen LogP contribution in [-0.2, 0) is 11.2 Å². The topological polar surface area (TPSA) is 63.3 Å². The van der Waals surface area contributed by atoms with Crippen LogP contribution in [0.2, 0.25) is 0 Å². The van der Waals surface area contributed by atoms with E-state index in [-0.39, 0.29) is 0 Å². The molecule has 0 aliphatic heterocycles. The van der Waals surface area contributed by atoms with Gasteiger partial charge in [0.25, 0.3) is 0 Å². The van der Waals surface area contributed by atoms with E-state index in [2.05, 4.69) is 0 Å². The number of rotatable bonds is 4. The van der Waals surface area contributed by atoms with E-state index in [1.165, 1.54) is 5.56 Å². The summed E-state index contributed by atoms with van der Waals surface area (Å²) in [7, 11) is 0. The number of carboxylic acids is 1. The molecular formula is C16H17NO2. The molecule has 3 heteroatoms. The van der Waals surface area contributed by atoms with Crippen LogP contribution in [0.25, 0.3) is 11.1 Å². The Morgan fingerprint density at radius 1 is 1.21 bits per heavy atom. The van der Waals surface area contributed by atoms with Crippen LogP contribution in [0.4, 0.5) is 0 Å². The maximum absolute atomic E-state index is 10.8. The largest absolute Gasteiger partial charge is 0.480 e. The lowest BCUT2D eigenvalue weighted by molar-refractivity contribution is -0.138. The van der Waals surface area contributed by atoms with E-state index in [4.69, 9.17) is 10.8 Å². The Balaban J connectivity index is 2.33. The number of nitrogens with two attached hydrogens (primary N) is 1. The van der Waals surface area contributed by atoms with Gasteiger partial charge in [-0.1, -0.05) is 48.5 Å². The maximum Gasteiger partial charge on any atom is 0.320 e. The summed E-state index contributed by atoms with van der Waals surface area (Å²) >= 11 is 0. The van der Waals surface area contributed by atoms with Crippen LogP contribution < -0.4 is 5.73 Å². The third-order valence-electron chi connectivity index (χ3n) is 3.16. The molecule has 1 unspecified atom stereocenters. The lowest BCUT2D eigenvalue weighted by atomic mass is 9.96. The van der Waals surface area contributed by atoms with Crippen molar-refractivity contribution in [2.24, 2.45) is 5.73 Å². The normalized spacial score (nSPS) is 12.1. The summed E-state index contributed by atoms with van der Waals surface area (Å²) < 4.78 is 0. The first kappa shape index (κ1) is 13.3. The van der Waals surface area contributed by atoms with Crippen molar-refractivity contribution in [2.45, 2.75) is 19.4 Å². The number of hydrogen-bond donors (Lipinski definition) is 2. The van der Waals surface area contributed by atoms with Crippen molar-refractivity contribution in [2.75, 3.05) is 0 Å². The van der Waals surface area contributed by atoms with Gasteiger partial charge in [0.15, 0.2) is 0 Å². The minimum absolute atomic E-state index is 0.343. The second kappa shape index (κ2) is 5.67. The Kier molecular flexibility index (Phi) is 3.97. The van der Waals surface area contributed by atoms with E-state index >= 15 is 0 Å². The van der Waals surface area contributed by atoms with Gasteiger partial charge in [0.2, 0.25) is 0 Å². The predicted octanol–water partition coefficient (Wildman–Crippen LogP) is 2.62. The second-order valence-corrected chi connectivity index (χ2v) is 4.66.